The maximum atomic E-state index is 12.5. The van der Waals surface area contributed by atoms with Gasteiger partial charge in [-0.3, -0.25) is 4.79 Å². The Bertz CT molecular complexity index is 713. The summed E-state index contributed by atoms with van der Waals surface area (Å²) in [4.78, 5) is 14.3. The van der Waals surface area contributed by atoms with Crippen molar-refractivity contribution in [2.24, 2.45) is 11.8 Å². The molecular formula is C17H20ClN3O2. The highest BCUT2D eigenvalue weighted by Gasteiger charge is 2.42. The van der Waals surface area contributed by atoms with Gasteiger partial charge in [-0.1, -0.05) is 30.7 Å². The molecule has 0 aliphatic heterocycles. The van der Waals surface area contributed by atoms with Crippen LogP contribution in [0.15, 0.2) is 28.7 Å². The van der Waals surface area contributed by atoms with Crippen molar-refractivity contribution in [1.82, 2.24) is 15.1 Å². The van der Waals surface area contributed by atoms with Gasteiger partial charge in [0.15, 0.2) is 0 Å². The van der Waals surface area contributed by atoms with Crippen molar-refractivity contribution >= 4 is 17.5 Å². The zero-order valence-electron chi connectivity index (χ0n) is 13.5. The first-order valence-corrected chi connectivity index (χ1v) is 8.23. The molecule has 1 amide bonds. The van der Waals surface area contributed by atoms with Gasteiger partial charge in [0, 0.05) is 12.0 Å². The quantitative estimate of drug-likeness (QED) is 0.835. The molecule has 0 spiro atoms. The highest BCUT2D eigenvalue weighted by Crippen LogP contribution is 2.39. The van der Waals surface area contributed by atoms with Gasteiger partial charge in [0.2, 0.25) is 17.7 Å². The molecular weight excluding hydrogens is 314 g/mol. The van der Waals surface area contributed by atoms with Crippen molar-refractivity contribution in [2.75, 3.05) is 0 Å². The summed E-state index contributed by atoms with van der Waals surface area (Å²) in [6, 6.07) is 7.41. The number of rotatable bonds is 5. The first kappa shape index (κ1) is 16.0. The molecule has 1 heterocycles. The van der Waals surface area contributed by atoms with Gasteiger partial charge in [-0.25, -0.2) is 0 Å². The molecule has 6 heteroatoms. The van der Waals surface area contributed by atoms with Crippen LogP contribution in [0.25, 0.3) is 11.5 Å². The molecule has 2 unspecified atom stereocenters. The largest absolute Gasteiger partial charge is 0.419 e. The molecule has 5 nitrogen and oxygen atoms in total. The van der Waals surface area contributed by atoms with E-state index in [2.05, 4.69) is 17.1 Å². The fraction of sp³-hybridized carbons (Fsp3) is 0.471. The Kier molecular flexibility index (Phi) is 4.39. The molecule has 1 aromatic carbocycles. The SMILES string of the molecule is CC1CC1C(=O)N(Cc1nnc(-c2ccccc2Cl)o1)C(C)C. The minimum Gasteiger partial charge on any atom is -0.419 e. The van der Waals surface area contributed by atoms with Gasteiger partial charge in [0.05, 0.1) is 17.1 Å². The lowest BCUT2D eigenvalue weighted by Crippen LogP contribution is -2.37. The van der Waals surface area contributed by atoms with Crippen LogP contribution in [0.3, 0.4) is 0 Å². The van der Waals surface area contributed by atoms with E-state index < -0.39 is 0 Å². The number of nitrogens with zero attached hydrogens (tertiary/aromatic N) is 3. The van der Waals surface area contributed by atoms with Crippen molar-refractivity contribution in [3.05, 3.63) is 35.2 Å². The molecule has 2 aromatic rings. The molecule has 1 aromatic heterocycles. The number of halogens is 1. The van der Waals surface area contributed by atoms with Crippen LogP contribution in [0.2, 0.25) is 5.02 Å². The van der Waals surface area contributed by atoms with Crippen LogP contribution in [0, 0.1) is 11.8 Å². The molecule has 0 bridgehead atoms. The maximum Gasteiger partial charge on any atom is 0.249 e. The second kappa shape index (κ2) is 6.32. The first-order chi connectivity index (χ1) is 11.0. The normalized spacial score (nSPS) is 19.9. The number of benzene rings is 1. The van der Waals surface area contributed by atoms with E-state index in [0.717, 1.165) is 6.42 Å². The van der Waals surface area contributed by atoms with Gasteiger partial charge in [-0.2, -0.15) is 0 Å². The van der Waals surface area contributed by atoms with Crippen LogP contribution < -0.4 is 0 Å². The Labute approximate surface area is 140 Å². The third-order valence-corrected chi connectivity index (χ3v) is 4.54. The number of hydrogen-bond acceptors (Lipinski definition) is 4. The summed E-state index contributed by atoms with van der Waals surface area (Å²) in [5.41, 5.74) is 0.700. The average Bonchev–Trinajstić information content (AvgIpc) is 3.07. The monoisotopic (exact) mass is 333 g/mol. The number of amides is 1. The fourth-order valence-electron chi connectivity index (χ4n) is 2.60. The van der Waals surface area contributed by atoms with Crippen LogP contribution >= 0.6 is 11.6 Å². The molecule has 1 aliphatic rings. The molecule has 1 fully saturated rings. The van der Waals surface area contributed by atoms with Gasteiger partial charge in [0.1, 0.15) is 0 Å². The molecule has 122 valence electrons. The summed E-state index contributed by atoms with van der Waals surface area (Å²) in [6.45, 7) is 6.42. The van der Waals surface area contributed by atoms with Crippen LogP contribution in [-0.4, -0.2) is 27.0 Å². The van der Waals surface area contributed by atoms with Gasteiger partial charge in [-0.15, -0.1) is 10.2 Å². The smallest absolute Gasteiger partial charge is 0.249 e. The van der Waals surface area contributed by atoms with Crippen molar-refractivity contribution in [1.29, 1.82) is 0 Å². The van der Waals surface area contributed by atoms with Crippen LogP contribution in [0.1, 0.15) is 33.1 Å². The topological polar surface area (TPSA) is 59.2 Å². The van der Waals surface area contributed by atoms with E-state index in [0.29, 0.717) is 34.8 Å². The maximum absolute atomic E-state index is 12.5. The zero-order valence-corrected chi connectivity index (χ0v) is 14.2. The Balaban J connectivity index is 1.77. The van der Waals surface area contributed by atoms with E-state index >= 15 is 0 Å². The number of carbonyl (C=O) groups is 1. The van der Waals surface area contributed by atoms with Crippen molar-refractivity contribution < 1.29 is 9.21 Å². The zero-order chi connectivity index (χ0) is 16.6. The van der Waals surface area contributed by atoms with Gasteiger partial charge in [0.25, 0.3) is 0 Å². The minimum atomic E-state index is 0.0889. The van der Waals surface area contributed by atoms with E-state index in [1.54, 1.807) is 11.0 Å². The van der Waals surface area contributed by atoms with E-state index in [-0.39, 0.29) is 17.9 Å². The van der Waals surface area contributed by atoms with E-state index in [1.165, 1.54) is 0 Å². The average molecular weight is 334 g/mol. The Morgan fingerprint density at radius 1 is 1.39 bits per heavy atom. The second-order valence-electron chi connectivity index (χ2n) is 6.36. The number of hydrogen-bond donors (Lipinski definition) is 0. The Morgan fingerprint density at radius 2 is 2.09 bits per heavy atom. The molecule has 1 saturated carbocycles. The minimum absolute atomic E-state index is 0.0889. The third kappa shape index (κ3) is 3.39. The Morgan fingerprint density at radius 3 is 2.70 bits per heavy atom. The van der Waals surface area contributed by atoms with Crippen LogP contribution in [-0.2, 0) is 11.3 Å². The predicted octanol–water partition coefficient (Wildman–Crippen LogP) is 3.78. The molecule has 0 N–H and O–H groups in total. The van der Waals surface area contributed by atoms with E-state index in [4.69, 9.17) is 16.0 Å². The Hall–Kier alpha value is -1.88. The lowest BCUT2D eigenvalue weighted by molar-refractivity contribution is -0.135. The van der Waals surface area contributed by atoms with Crippen molar-refractivity contribution in [3.63, 3.8) is 0 Å². The number of aromatic nitrogens is 2. The summed E-state index contributed by atoms with van der Waals surface area (Å²) in [5, 5.41) is 8.68. The molecule has 1 aliphatic carbocycles. The van der Waals surface area contributed by atoms with Gasteiger partial charge in [-0.05, 0) is 38.3 Å². The van der Waals surface area contributed by atoms with Gasteiger partial charge < -0.3 is 9.32 Å². The standard InChI is InChI=1S/C17H20ClN3O2/c1-10(2)21(17(22)13-8-11(13)3)9-15-19-20-16(23-15)12-6-4-5-7-14(12)18/h4-7,10-11,13H,8-9H2,1-3H3. The van der Waals surface area contributed by atoms with Crippen molar-refractivity contribution in [3.8, 4) is 11.5 Å². The van der Waals surface area contributed by atoms with E-state index in [1.807, 2.05) is 32.0 Å². The fourth-order valence-corrected chi connectivity index (χ4v) is 2.82. The van der Waals surface area contributed by atoms with Gasteiger partial charge >= 0.3 is 0 Å². The van der Waals surface area contributed by atoms with Crippen LogP contribution in [0.5, 0.6) is 0 Å². The lowest BCUT2D eigenvalue weighted by Gasteiger charge is -2.25. The second-order valence-corrected chi connectivity index (χ2v) is 6.77. The summed E-state index contributed by atoms with van der Waals surface area (Å²) in [5.74, 6) is 1.59. The summed E-state index contributed by atoms with van der Waals surface area (Å²) < 4.78 is 5.71. The molecule has 0 radical (unpaired) electrons. The van der Waals surface area contributed by atoms with E-state index in [9.17, 15) is 4.79 Å². The highest BCUT2D eigenvalue weighted by atomic mass is 35.5. The molecule has 23 heavy (non-hydrogen) atoms. The van der Waals surface area contributed by atoms with Crippen molar-refractivity contribution in [2.45, 2.75) is 39.8 Å². The lowest BCUT2D eigenvalue weighted by atomic mass is 10.2. The summed E-state index contributed by atoms with van der Waals surface area (Å²) in [7, 11) is 0. The molecule has 2 atom stereocenters. The summed E-state index contributed by atoms with van der Waals surface area (Å²) >= 11 is 6.15. The molecule has 3 rings (SSSR count). The predicted molar refractivity (Wildman–Crippen MR) is 87.7 cm³/mol. The van der Waals surface area contributed by atoms with Crippen LogP contribution in [0.4, 0.5) is 0 Å². The number of carbonyl (C=O) groups excluding carboxylic acids is 1. The molecule has 0 saturated heterocycles. The highest BCUT2D eigenvalue weighted by molar-refractivity contribution is 6.33. The first-order valence-electron chi connectivity index (χ1n) is 7.85. The summed E-state index contributed by atoms with van der Waals surface area (Å²) in [6.07, 6.45) is 0.969. The third-order valence-electron chi connectivity index (χ3n) is 4.21.